The number of hydrogen-bond donors (Lipinski definition) is 1. The third-order valence-corrected chi connectivity index (χ3v) is 4.21. The minimum Gasteiger partial charge on any atom is -0.380 e. The molecule has 0 aromatic rings. The van der Waals surface area contributed by atoms with Crippen LogP contribution in [0.15, 0.2) is 0 Å². The molecule has 2 aliphatic heterocycles. The van der Waals surface area contributed by atoms with E-state index in [9.17, 15) is 8.42 Å². The first-order valence-electron chi connectivity index (χ1n) is 8.29. The number of likely N-dealkylation sites (tertiary alicyclic amines) is 1. The molecule has 2 fully saturated rings. The van der Waals surface area contributed by atoms with Crippen LogP contribution in [0.3, 0.4) is 0 Å². The molecule has 2 saturated heterocycles. The van der Waals surface area contributed by atoms with E-state index in [4.69, 9.17) is 4.74 Å². The van der Waals surface area contributed by atoms with E-state index in [0.717, 1.165) is 45.7 Å². The Bertz CT molecular complexity index is 355. The van der Waals surface area contributed by atoms with E-state index in [1.54, 1.807) is 0 Å². The Kier molecular flexibility index (Phi) is 12.1. The fourth-order valence-corrected chi connectivity index (χ4v) is 3.23. The van der Waals surface area contributed by atoms with E-state index < -0.39 is 10.0 Å². The number of nitrogens with one attached hydrogen (secondary N) is 1. The lowest BCUT2D eigenvalue weighted by Gasteiger charge is -2.29. The molecule has 2 rings (SSSR count). The highest BCUT2D eigenvalue weighted by Gasteiger charge is 2.19. The molecular formula is C15H35N3O3S. The number of nitrogens with zero attached hydrogens (tertiary/aromatic N) is 2. The summed E-state index contributed by atoms with van der Waals surface area (Å²) >= 11 is 0. The number of hydrogen-bond acceptors (Lipinski definition) is 5. The number of piperidine rings is 1. The Morgan fingerprint density at radius 2 is 1.64 bits per heavy atom. The van der Waals surface area contributed by atoms with E-state index in [-0.39, 0.29) is 6.04 Å². The summed E-state index contributed by atoms with van der Waals surface area (Å²) in [5.41, 5.74) is 0. The van der Waals surface area contributed by atoms with Gasteiger partial charge in [-0.2, -0.15) is 0 Å². The van der Waals surface area contributed by atoms with Crippen LogP contribution in [0.2, 0.25) is 0 Å². The molecule has 1 unspecified atom stereocenters. The van der Waals surface area contributed by atoms with Gasteiger partial charge in [0.1, 0.15) is 0 Å². The topological polar surface area (TPSA) is 61.9 Å². The Balaban J connectivity index is 0.000000382. The first-order chi connectivity index (χ1) is 10.4. The first kappa shape index (κ1) is 21.8. The summed E-state index contributed by atoms with van der Waals surface area (Å²) in [7, 11) is 1.12. The molecule has 1 N–H and O–H groups in total. The monoisotopic (exact) mass is 337 g/mol. The molecule has 0 aromatic carbocycles. The molecule has 0 amide bonds. The van der Waals surface area contributed by atoms with Crippen molar-refractivity contribution in [3.8, 4) is 0 Å². The molecule has 0 aliphatic carbocycles. The number of sulfonamides is 1. The normalized spacial score (nSPS) is 24.3. The second-order valence-electron chi connectivity index (χ2n) is 5.76. The number of likely N-dealkylation sites (N-methyl/N-ethyl adjacent to an activating group) is 2. The lowest BCUT2D eigenvalue weighted by atomic mass is 10.1. The van der Waals surface area contributed by atoms with E-state index in [1.807, 2.05) is 20.9 Å². The van der Waals surface area contributed by atoms with Crippen LogP contribution in [-0.4, -0.2) is 84.0 Å². The van der Waals surface area contributed by atoms with Gasteiger partial charge in [-0.1, -0.05) is 13.8 Å². The van der Waals surface area contributed by atoms with Gasteiger partial charge in [0.05, 0.1) is 12.9 Å². The Morgan fingerprint density at radius 1 is 1.00 bits per heavy atom. The summed E-state index contributed by atoms with van der Waals surface area (Å²) < 4.78 is 29.6. The summed E-state index contributed by atoms with van der Waals surface area (Å²) in [5, 5.41) is 0. The second-order valence-corrected chi connectivity index (χ2v) is 7.54. The van der Waals surface area contributed by atoms with Crippen LogP contribution >= 0.6 is 0 Å². The molecule has 1 atom stereocenters. The second kappa shape index (κ2) is 12.2. The third-order valence-electron chi connectivity index (χ3n) is 3.45. The standard InChI is InChI=1S/C7H16N2O2S.C6H13NO.C2H6/c1-9-5-3-4-7(6-9)8-12(2,10)11;1-7-3-2-5-8-6-4-7;1-2/h7-8H,3-6H2,1-2H3;2-6H2,1H3;1-2H3. The van der Waals surface area contributed by atoms with Gasteiger partial charge in [-0.3, -0.25) is 0 Å². The lowest BCUT2D eigenvalue weighted by Crippen LogP contribution is -2.45. The van der Waals surface area contributed by atoms with Crippen molar-refractivity contribution in [1.82, 2.24) is 14.5 Å². The van der Waals surface area contributed by atoms with Gasteiger partial charge in [-0.25, -0.2) is 13.1 Å². The van der Waals surface area contributed by atoms with Crippen molar-refractivity contribution in [2.45, 2.75) is 39.2 Å². The SMILES string of the molecule is CC.CN1CCCC(NS(C)(=O)=O)C1.CN1CCCOCC1. The van der Waals surface area contributed by atoms with Crippen molar-refractivity contribution >= 4 is 10.0 Å². The lowest BCUT2D eigenvalue weighted by molar-refractivity contribution is 0.144. The minimum atomic E-state index is -3.02. The van der Waals surface area contributed by atoms with Crippen molar-refractivity contribution in [2.24, 2.45) is 0 Å². The van der Waals surface area contributed by atoms with Gasteiger partial charge in [0.25, 0.3) is 0 Å². The van der Waals surface area contributed by atoms with Gasteiger partial charge >= 0.3 is 0 Å². The molecule has 0 spiro atoms. The zero-order valence-corrected chi connectivity index (χ0v) is 15.8. The van der Waals surface area contributed by atoms with E-state index in [2.05, 4.69) is 21.6 Å². The highest BCUT2D eigenvalue weighted by Crippen LogP contribution is 2.08. The Morgan fingerprint density at radius 3 is 2.23 bits per heavy atom. The van der Waals surface area contributed by atoms with Gasteiger partial charge in [0, 0.05) is 32.3 Å². The van der Waals surface area contributed by atoms with Gasteiger partial charge in [-0.05, 0) is 39.9 Å². The van der Waals surface area contributed by atoms with Crippen LogP contribution in [0.25, 0.3) is 0 Å². The molecule has 0 radical (unpaired) electrons. The average Bonchev–Trinajstić information content (AvgIpc) is 2.67. The van der Waals surface area contributed by atoms with Gasteiger partial charge in [-0.15, -0.1) is 0 Å². The first-order valence-corrected chi connectivity index (χ1v) is 10.2. The van der Waals surface area contributed by atoms with Gasteiger partial charge in [0.15, 0.2) is 0 Å². The van der Waals surface area contributed by atoms with E-state index >= 15 is 0 Å². The molecule has 22 heavy (non-hydrogen) atoms. The van der Waals surface area contributed by atoms with Crippen LogP contribution in [-0.2, 0) is 14.8 Å². The molecule has 2 aliphatic rings. The molecule has 2 heterocycles. The maximum absolute atomic E-state index is 10.9. The largest absolute Gasteiger partial charge is 0.380 e. The van der Waals surface area contributed by atoms with Gasteiger partial charge in [0.2, 0.25) is 10.0 Å². The quantitative estimate of drug-likeness (QED) is 0.814. The highest BCUT2D eigenvalue weighted by atomic mass is 32.2. The maximum atomic E-state index is 10.9. The third kappa shape index (κ3) is 12.3. The van der Waals surface area contributed by atoms with E-state index in [1.165, 1.54) is 19.2 Å². The fraction of sp³-hybridized carbons (Fsp3) is 1.00. The molecule has 0 saturated carbocycles. The molecule has 0 bridgehead atoms. The molecular weight excluding hydrogens is 302 g/mol. The summed E-state index contributed by atoms with van der Waals surface area (Å²) in [4.78, 5) is 4.44. The van der Waals surface area contributed by atoms with Crippen LogP contribution in [0.1, 0.15) is 33.1 Å². The van der Waals surface area contributed by atoms with Crippen LogP contribution in [0.4, 0.5) is 0 Å². The van der Waals surface area contributed by atoms with Crippen LogP contribution in [0.5, 0.6) is 0 Å². The van der Waals surface area contributed by atoms with E-state index in [0.29, 0.717) is 0 Å². The average molecular weight is 338 g/mol. The zero-order valence-electron chi connectivity index (χ0n) is 15.0. The van der Waals surface area contributed by atoms with Crippen molar-refractivity contribution in [2.75, 3.05) is 59.7 Å². The fourth-order valence-electron chi connectivity index (χ4n) is 2.44. The Hall–Kier alpha value is -0.210. The van der Waals surface area contributed by atoms with Crippen LogP contribution in [0, 0.1) is 0 Å². The maximum Gasteiger partial charge on any atom is 0.208 e. The zero-order chi connectivity index (χ0) is 17.0. The minimum absolute atomic E-state index is 0.110. The Labute approximate surface area is 137 Å². The molecule has 6 nitrogen and oxygen atoms in total. The van der Waals surface area contributed by atoms with Crippen LogP contribution < -0.4 is 4.72 Å². The predicted molar refractivity (Wildman–Crippen MR) is 92.8 cm³/mol. The van der Waals surface area contributed by atoms with Crippen molar-refractivity contribution in [3.63, 3.8) is 0 Å². The number of rotatable bonds is 2. The van der Waals surface area contributed by atoms with Crippen molar-refractivity contribution in [1.29, 1.82) is 0 Å². The highest BCUT2D eigenvalue weighted by molar-refractivity contribution is 7.88. The summed E-state index contributed by atoms with van der Waals surface area (Å²) in [6.45, 7) is 10.1. The van der Waals surface area contributed by atoms with Crippen molar-refractivity contribution < 1.29 is 13.2 Å². The smallest absolute Gasteiger partial charge is 0.208 e. The summed E-state index contributed by atoms with van der Waals surface area (Å²) in [5.74, 6) is 0. The summed E-state index contributed by atoms with van der Waals surface area (Å²) in [6.07, 6.45) is 4.43. The summed E-state index contributed by atoms with van der Waals surface area (Å²) in [6, 6.07) is 0.110. The number of ether oxygens (including phenoxy) is 1. The molecule has 134 valence electrons. The van der Waals surface area contributed by atoms with Gasteiger partial charge < -0.3 is 14.5 Å². The molecule has 0 aromatic heterocycles. The predicted octanol–water partition coefficient (Wildman–Crippen LogP) is 0.995. The molecule has 7 heteroatoms. The van der Waals surface area contributed by atoms with Crippen molar-refractivity contribution in [3.05, 3.63) is 0 Å².